The van der Waals surface area contributed by atoms with Crippen LogP contribution in [-0.4, -0.2) is 6.54 Å². The number of hydrogen-bond donors (Lipinski definition) is 1. The minimum Gasteiger partial charge on any atom is -0.339 e. The number of hydrogen-bond acceptors (Lipinski definition) is 2. The third kappa shape index (κ3) is 2.65. The van der Waals surface area contributed by atoms with Gasteiger partial charge in [0.05, 0.1) is 5.69 Å². The molecule has 0 heterocycles. The van der Waals surface area contributed by atoms with Crippen LogP contribution >= 0.6 is 0 Å². The van der Waals surface area contributed by atoms with E-state index in [2.05, 4.69) is 0 Å². The number of anilines is 2. The first-order valence-electron chi connectivity index (χ1n) is 6.62. The Morgan fingerprint density at radius 3 is 2.20 bits per heavy atom. The van der Waals surface area contributed by atoms with Crippen molar-refractivity contribution in [2.45, 2.75) is 19.9 Å². The number of para-hydroxylation sites is 1. The summed E-state index contributed by atoms with van der Waals surface area (Å²) in [5, 5.41) is 0. The second-order valence-corrected chi connectivity index (χ2v) is 4.66. The van der Waals surface area contributed by atoms with Crippen LogP contribution in [0.2, 0.25) is 0 Å². The van der Waals surface area contributed by atoms with Crippen molar-refractivity contribution in [3.8, 4) is 0 Å². The molecule has 0 saturated carbocycles. The second kappa shape index (κ2) is 6.01. The first-order valence-corrected chi connectivity index (χ1v) is 6.62. The van der Waals surface area contributed by atoms with Crippen molar-refractivity contribution in [1.29, 1.82) is 0 Å². The smallest absolute Gasteiger partial charge is 0.146 e. The van der Waals surface area contributed by atoms with Crippen LogP contribution in [0.4, 0.5) is 20.2 Å². The van der Waals surface area contributed by atoms with E-state index >= 15 is 0 Å². The van der Waals surface area contributed by atoms with Crippen molar-refractivity contribution in [3.63, 3.8) is 0 Å². The van der Waals surface area contributed by atoms with Crippen molar-refractivity contribution >= 4 is 11.4 Å². The van der Waals surface area contributed by atoms with E-state index in [9.17, 15) is 8.78 Å². The molecular weight excluding hydrogens is 258 g/mol. The fraction of sp³-hybridized carbons (Fsp3) is 0.250. The maximum atomic E-state index is 14.0. The van der Waals surface area contributed by atoms with E-state index in [0.29, 0.717) is 23.5 Å². The Balaban J connectivity index is 2.59. The summed E-state index contributed by atoms with van der Waals surface area (Å²) in [5.74, 6) is -0.707. The summed E-state index contributed by atoms with van der Waals surface area (Å²) < 4.78 is 28.0. The monoisotopic (exact) mass is 276 g/mol. The number of benzene rings is 2. The van der Waals surface area contributed by atoms with E-state index in [1.165, 1.54) is 12.1 Å². The number of halogens is 2. The highest BCUT2D eigenvalue weighted by Crippen LogP contribution is 2.33. The number of rotatable bonds is 4. The summed E-state index contributed by atoms with van der Waals surface area (Å²) in [6.07, 6.45) is 0. The van der Waals surface area contributed by atoms with Gasteiger partial charge in [-0.25, -0.2) is 8.78 Å². The lowest BCUT2D eigenvalue weighted by atomic mass is 10.0. The van der Waals surface area contributed by atoms with Crippen LogP contribution in [0.3, 0.4) is 0 Å². The van der Waals surface area contributed by atoms with Gasteiger partial charge < -0.3 is 10.6 Å². The molecule has 0 unspecified atom stereocenters. The molecule has 2 rings (SSSR count). The van der Waals surface area contributed by atoms with Gasteiger partial charge in [0, 0.05) is 23.8 Å². The third-order valence-corrected chi connectivity index (χ3v) is 3.24. The standard InChI is InChI=1S/C16H18F2N2/c1-3-20(14-9-5-4-7-12(14)17)15-10-6-8-13(18)16(15)11(2)19/h4-11H,3,19H2,1-2H3/t11-/m0/s1. The van der Waals surface area contributed by atoms with E-state index in [0.717, 1.165) is 0 Å². The molecule has 0 radical (unpaired) electrons. The first-order chi connectivity index (χ1) is 9.56. The Bertz CT molecular complexity index is 597. The van der Waals surface area contributed by atoms with Gasteiger partial charge in [0.2, 0.25) is 0 Å². The minimum atomic E-state index is -0.466. The molecule has 0 aromatic heterocycles. The SMILES string of the molecule is CCN(c1ccccc1F)c1cccc(F)c1[C@H](C)N. The summed E-state index contributed by atoms with van der Waals surface area (Å²) in [6, 6.07) is 10.7. The fourth-order valence-electron chi connectivity index (χ4n) is 2.35. The van der Waals surface area contributed by atoms with Crippen LogP contribution in [0.25, 0.3) is 0 Å². The lowest BCUT2D eigenvalue weighted by molar-refractivity contribution is 0.592. The first kappa shape index (κ1) is 14.5. The number of nitrogens with two attached hydrogens (primary N) is 1. The summed E-state index contributed by atoms with van der Waals surface area (Å²) >= 11 is 0. The molecule has 2 N–H and O–H groups in total. The average molecular weight is 276 g/mol. The second-order valence-electron chi connectivity index (χ2n) is 4.66. The van der Waals surface area contributed by atoms with Crippen LogP contribution in [-0.2, 0) is 0 Å². The van der Waals surface area contributed by atoms with E-state index in [1.54, 1.807) is 42.2 Å². The Labute approximate surface area is 117 Å². The zero-order valence-corrected chi connectivity index (χ0v) is 11.6. The lowest BCUT2D eigenvalue weighted by Crippen LogP contribution is -2.21. The van der Waals surface area contributed by atoms with Gasteiger partial charge in [-0.15, -0.1) is 0 Å². The highest BCUT2D eigenvalue weighted by atomic mass is 19.1. The number of nitrogens with zero attached hydrogens (tertiary/aromatic N) is 1. The van der Waals surface area contributed by atoms with Crippen molar-refractivity contribution in [2.75, 3.05) is 11.4 Å². The zero-order chi connectivity index (χ0) is 14.7. The van der Waals surface area contributed by atoms with Gasteiger partial charge in [-0.05, 0) is 38.1 Å². The molecule has 0 spiro atoms. The molecule has 106 valence electrons. The Morgan fingerprint density at radius 2 is 1.60 bits per heavy atom. The zero-order valence-electron chi connectivity index (χ0n) is 11.6. The topological polar surface area (TPSA) is 29.3 Å². The van der Waals surface area contributed by atoms with Gasteiger partial charge in [0.25, 0.3) is 0 Å². The quantitative estimate of drug-likeness (QED) is 0.909. The van der Waals surface area contributed by atoms with Gasteiger partial charge >= 0.3 is 0 Å². The average Bonchev–Trinajstić information content (AvgIpc) is 2.41. The minimum absolute atomic E-state index is 0.339. The van der Waals surface area contributed by atoms with Gasteiger partial charge in [-0.1, -0.05) is 18.2 Å². The molecule has 0 saturated heterocycles. The van der Waals surface area contributed by atoms with E-state index in [1.807, 2.05) is 6.92 Å². The molecule has 0 aliphatic heterocycles. The van der Waals surface area contributed by atoms with E-state index in [-0.39, 0.29) is 11.6 Å². The van der Waals surface area contributed by atoms with Gasteiger partial charge in [0.15, 0.2) is 0 Å². The molecule has 0 aliphatic rings. The van der Waals surface area contributed by atoms with Gasteiger partial charge in [-0.3, -0.25) is 0 Å². The molecular formula is C16H18F2N2. The summed E-state index contributed by atoms with van der Waals surface area (Å²) in [4.78, 5) is 1.73. The largest absolute Gasteiger partial charge is 0.339 e. The van der Waals surface area contributed by atoms with Crippen molar-refractivity contribution in [3.05, 3.63) is 59.7 Å². The normalized spacial score (nSPS) is 12.2. The predicted molar refractivity (Wildman–Crippen MR) is 78.1 cm³/mol. The van der Waals surface area contributed by atoms with Crippen LogP contribution in [0.5, 0.6) is 0 Å². The Hall–Kier alpha value is -1.94. The van der Waals surface area contributed by atoms with Crippen LogP contribution in [0, 0.1) is 11.6 Å². The van der Waals surface area contributed by atoms with Gasteiger partial charge in [0.1, 0.15) is 11.6 Å². The summed E-state index contributed by atoms with van der Waals surface area (Å²) in [6.45, 7) is 4.13. The summed E-state index contributed by atoms with van der Waals surface area (Å²) in [5.41, 5.74) is 7.29. The van der Waals surface area contributed by atoms with Crippen molar-refractivity contribution in [1.82, 2.24) is 0 Å². The van der Waals surface area contributed by atoms with Crippen LogP contribution < -0.4 is 10.6 Å². The summed E-state index contributed by atoms with van der Waals surface area (Å²) in [7, 11) is 0. The molecule has 0 amide bonds. The highest BCUT2D eigenvalue weighted by molar-refractivity contribution is 5.67. The molecule has 20 heavy (non-hydrogen) atoms. The lowest BCUT2D eigenvalue weighted by Gasteiger charge is -2.27. The molecule has 0 aliphatic carbocycles. The maximum Gasteiger partial charge on any atom is 0.146 e. The van der Waals surface area contributed by atoms with E-state index < -0.39 is 6.04 Å². The Kier molecular flexibility index (Phi) is 4.35. The molecule has 4 heteroatoms. The predicted octanol–water partition coefficient (Wildman–Crippen LogP) is 4.14. The fourth-order valence-corrected chi connectivity index (χ4v) is 2.35. The van der Waals surface area contributed by atoms with Crippen LogP contribution in [0.1, 0.15) is 25.5 Å². The highest BCUT2D eigenvalue weighted by Gasteiger charge is 2.19. The molecule has 2 aromatic carbocycles. The molecule has 2 nitrogen and oxygen atoms in total. The van der Waals surface area contributed by atoms with Crippen LogP contribution in [0.15, 0.2) is 42.5 Å². The molecule has 0 fully saturated rings. The molecule has 2 aromatic rings. The van der Waals surface area contributed by atoms with Gasteiger partial charge in [-0.2, -0.15) is 0 Å². The maximum absolute atomic E-state index is 14.0. The van der Waals surface area contributed by atoms with Crippen molar-refractivity contribution in [2.24, 2.45) is 5.73 Å². The van der Waals surface area contributed by atoms with E-state index in [4.69, 9.17) is 5.73 Å². The van der Waals surface area contributed by atoms with Crippen molar-refractivity contribution < 1.29 is 8.78 Å². The third-order valence-electron chi connectivity index (χ3n) is 3.24. The molecule has 1 atom stereocenters. The Morgan fingerprint density at radius 1 is 1.00 bits per heavy atom. The molecule has 0 bridgehead atoms.